The van der Waals surface area contributed by atoms with Gasteiger partial charge >= 0.3 is 23.9 Å². The molecule has 386 valence electrons. The summed E-state index contributed by atoms with van der Waals surface area (Å²) in [6.07, 6.45) is 15.8. The van der Waals surface area contributed by atoms with Gasteiger partial charge in [0.25, 0.3) is 0 Å². The minimum Gasteiger partial charge on any atom is -0.497 e. The number of aryl methyl sites for hydroxylation is 1. The Morgan fingerprint density at radius 3 is 2.20 bits per heavy atom. The van der Waals surface area contributed by atoms with E-state index < -0.39 is 34.2 Å². The lowest BCUT2D eigenvalue weighted by molar-refractivity contribution is -0.211. The van der Waals surface area contributed by atoms with Crippen molar-refractivity contribution in [3.8, 4) is 0 Å². The van der Waals surface area contributed by atoms with Crippen molar-refractivity contribution < 1.29 is 47.6 Å². The summed E-state index contributed by atoms with van der Waals surface area (Å²) in [5.41, 5.74) is 2.40. The molecule has 3 fully saturated rings. The summed E-state index contributed by atoms with van der Waals surface area (Å²) in [4.78, 5) is 59.1. The van der Waals surface area contributed by atoms with Crippen LogP contribution in [0.15, 0.2) is 66.0 Å². The minimum atomic E-state index is -1.12. The van der Waals surface area contributed by atoms with Gasteiger partial charge in [-0.25, -0.2) is 4.79 Å². The number of aromatic nitrogens is 1. The standard InChI is InChI=1S/C28H42N2O5.C23H32N2O5.2C2H6/c1-9-12-21(33-7)14-13-19(3)28-16-18-30-17-11-15-27(10-2,23(28)30)24(35-20(4)31)26(5,22(28)29-6)25(32)34-8;1-6-17-18-11-15(22(26)29-4)7-8-20(18)24-21(17)19(23(27)30-5)10-14-9-16(28-3)13-25(2)12-14;2*1-2/h9,11-15,22-24,29H,10,16-18H2,1-8H3;7-8,11,14,16,19,24H,6,9-10,12-13H2,1-5H3;2*1-2H3/b12-9+,19-13?,21-14+;;;/t22?,23?,24?,26-,27-,28?;14-,16?,19?;;/m11../s1. The first kappa shape index (κ1) is 58.6. The highest BCUT2D eigenvalue weighted by atomic mass is 16.6. The molecule has 0 spiro atoms. The fourth-order valence-corrected chi connectivity index (χ4v) is 12.2. The highest BCUT2D eigenvalue weighted by molar-refractivity contribution is 5.97. The number of likely N-dealkylation sites (tertiary alicyclic amines) is 1. The average Bonchev–Trinajstić information content (AvgIpc) is 3.95. The summed E-state index contributed by atoms with van der Waals surface area (Å²) in [7, 11) is 11.6. The lowest BCUT2D eigenvalue weighted by Gasteiger charge is -2.65. The van der Waals surface area contributed by atoms with Crippen molar-refractivity contribution in [2.24, 2.45) is 22.2 Å². The number of carbonyl (C=O) groups is 4. The van der Waals surface area contributed by atoms with Gasteiger partial charge in [-0.2, -0.15) is 0 Å². The molecule has 1 aromatic heterocycles. The molecule has 2 N–H and O–H groups in total. The van der Waals surface area contributed by atoms with Crippen molar-refractivity contribution >= 4 is 34.8 Å². The van der Waals surface area contributed by atoms with Crippen molar-refractivity contribution in [3.63, 3.8) is 0 Å². The minimum absolute atomic E-state index is 0.0434. The van der Waals surface area contributed by atoms with Crippen molar-refractivity contribution in [1.29, 1.82) is 0 Å². The molecule has 9 atom stereocenters. The lowest BCUT2D eigenvalue weighted by atomic mass is 9.44. The second-order valence-corrected chi connectivity index (χ2v) is 18.3. The second kappa shape index (κ2) is 26.4. The lowest BCUT2D eigenvalue weighted by Crippen LogP contribution is -2.77. The summed E-state index contributed by atoms with van der Waals surface area (Å²) in [6.45, 7) is 23.1. The first-order valence-corrected chi connectivity index (χ1v) is 25.0. The fourth-order valence-electron chi connectivity index (χ4n) is 12.2. The third kappa shape index (κ3) is 11.7. The molecule has 1 aromatic carbocycles. The molecular weight excluding hydrogens is 877 g/mol. The van der Waals surface area contributed by atoms with Gasteiger partial charge in [0.05, 0.1) is 46.0 Å². The predicted octanol–water partition coefficient (Wildman–Crippen LogP) is 8.96. The molecule has 0 amide bonds. The Kier molecular flexibility index (Phi) is 22.4. The monoisotopic (exact) mass is 963 g/mol. The Morgan fingerprint density at radius 2 is 1.65 bits per heavy atom. The van der Waals surface area contributed by atoms with E-state index in [1.807, 2.05) is 79.0 Å². The predicted molar refractivity (Wildman–Crippen MR) is 274 cm³/mol. The smallest absolute Gasteiger partial charge is 0.337 e. The Bertz CT molecular complexity index is 2160. The zero-order valence-electron chi connectivity index (χ0n) is 45.0. The summed E-state index contributed by atoms with van der Waals surface area (Å²) < 4.78 is 32.7. The number of carbonyl (C=O) groups excluding carboxylic acids is 4. The molecule has 1 saturated carbocycles. The van der Waals surface area contributed by atoms with Crippen LogP contribution in [0.3, 0.4) is 0 Å². The fraction of sp³-hybridized carbons (Fsp3) is 0.636. The molecule has 2 aromatic rings. The van der Waals surface area contributed by atoms with Crippen molar-refractivity contribution in [3.05, 3.63) is 82.8 Å². The number of fused-ring (bicyclic) bond motifs is 1. The molecule has 14 nitrogen and oxygen atoms in total. The molecule has 0 radical (unpaired) electrons. The number of rotatable bonds is 15. The number of benzene rings is 1. The van der Waals surface area contributed by atoms with Crippen LogP contribution in [0.5, 0.6) is 0 Å². The van der Waals surface area contributed by atoms with Gasteiger partial charge in [-0.05, 0) is 115 Å². The quantitative estimate of drug-likeness (QED) is 0.0574. The number of likely N-dealkylation sites (N-methyl/N-ethyl adjacent to an activating group) is 1. The van der Waals surface area contributed by atoms with Crippen molar-refractivity contribution in [1.82, 2.24) is 20.1 Å². The van der Waals surface area contributed by atoms with E-state index in [9.17, 15) is 19.2 Å². The third-order valence-electron chi connectivity index (χ3n) is 14.8. The number of allylic oxidation sites excluding steroid dienone is 4. The number of methoxy groups -OCH3 is 5. The topological polar surface area (TPSA) is 158 Å². The van der Waals surface area contributed by atoms with Crippen LogP contribution in [0, 0.1) is 22.2 Å². The number of aromatic amines is 1. The van der Waals surface area contributed by atoms with Crippen LogP contribution in [-0.4, -0.2) is 139 Å². The van der Waals surface area contributed by atoms with Crippen LogP contribution >= 0.6 is 0 Å². The van der Waals surface area contributed by atoms with Crippen LogP contribution in [0.25, 0.3) is 10.9 Å². The number of hydrogen-bond donors (Lipinski definition) is 2. The molecule has 1 aliphatic carbocycles. The van der Waals surface area contributed by atoms with Gasteiger partial charge in [0, 0.05) is 73.2 Å². The van der Waals surface area contributed by atoms with Gasteiger partial charge in [0.2, 0.25) is 0 Å². The Labute approximate surface area is 413 Å². The summed E-state index contributed by atoms with van der Waals surface area (Å²) in [5, 5.41) is 4.46. The van der Waals surface area contributed by atoms with E-state index in [1.165, 1.54) is 28.3 Å². The van der Waals surface area contributed by atoms with Crippen LogP contribution in [0.4, 0.5) is 0 Å². The maximum absolute atomic E-state index is 13.7. The maximum Gasteiger partial charge on any atom is 0.337 e. The number of nitrogens with zero attached hydrogens (tertiary/aromatic N) is 2. The van der Waals surface area contributed by atoms with Gasteiger partial charge in [-0.3, -0.25) is 19.3 Å². The molecule has 6 rings (SSSR count). The van der Waals surface area contributed by atoms with Gasteiger partial charge in [0.15, 0.2) is 0 Å². The second-order valence-electron chi connectivity index (χ2n) is 18.3. The molecule has 0 bridgehead atoms. The molecule has 4 aliphatic rings. The number of piperidine rings is 1. The number of esters is 4. The maximum atomic E-state index is 13.7. The molecular formula is C55H86N4O10. The summed E-state index contributed by atoms with van der Waals surface area (Å²) in [6, 6.07) is 5.16. The van der Waals surface area contributed by atoms with Gasteiger partial charge in [-0.15, -0.1) is 0 Å². The van der Waals surface area contributed by atoms with Gasteiger partial charge < -0.3 is 43.6 Å². The Hall–Kier alpha value is -4.76. The van der Waals surface area contributed by atoms with Crippen LogP contribution in [0.1, 0.15) is 122 Å². The zero-order valence-corrected chi connectivity index (χ0v) is 45.0. The Morgan fingerprint density at radius 1 is 0.957 bits per heavy atom. The highest BCUT2D eigenvalue weighted by Crippen LogP contribution is 2.66. The summed E-state index contributed by atoms with van der Waals surface area (Å²) in [5.74, 6) is -0.703. The SMILES string of the molecule is C/C=C/C(=C\C=C(C)C12CCN3CC=C[C@](CC)(C31)C(OC(C)=O)[C@](C)(C(=O)OC)C2NC)OC.CC.CC.CCc1c(C(C[C@H]2CC(OC)CN(C)C2)C(=O)OC)[nH]c2ccc(C(=O)OC)cc12. The molecule has 14 heteroatoms. The van der Waals surface area contributed by atoms with E-state index in [2.05, 4.69) is 66.1 Å². The highest BCUT2D eigenvalue weighted by Gasteiger charge is 2.75. The molecule has 69 heavy (non-hydrogen) atoms. The van der Waals surface area contributed by atoms with Gasteiger partial charge in [-0.1, -0.05) is 71.4 Å². The molecule has 2 saturated heterocycles. The first-order valence-electron chi connectivity index (χ1n) is 25.0. The number of ether oxygens (including phenoxy) is 6. The average molecular weight is 963 g/mol. The zero-order chi connectivity index (χ0) is 51.9. The van der Waals surface area contributed by atoms with Crippen molar-refractivity contribution in [2.45, 2.75) is 132 Å². The van der Waals surface area contributed by atoms with E-state index in [1.54, 1.807) is 20.3 Å². The summed E-state index contributed by atoms with van der Waals surface area (Å²) >= 11 is 0. The van der Waals surface area contributed by atoms with Crippen LogP contribution < -0.4 is 5.32 Å². The largest absolute Gasteiger partial charge is 0.497 e. The van der Waals surface area contributed by atoms with Crippen LogP contribution in [0.2, 0.25) is 0 Å². The number of H-pyrrole nitrogens is 1. The normalized spacial score (nSPS) is 28.2. The Balaban J connectivity index is 0.000000344. The van der Waals surface area contributed by atoms with Gasteiger partial charge in [0.1, 0.15) is 17.3 Å². The molecule has 6 unspecified atom stereocenters. The van der Waals surface area contributed by atoms with E-state index in [0.29, 0.717) is 17.9 Å². The van der Waals surface area contributed by atoms with E-state index >= 15 is 0 Å². The third-order valence-corrected chi connectivity index (χ3v) is 14.8. The number of nitrogens with one attached hydrogen (secondary N) is 2. The molecule has 4 heterocycles. The van der Waals surface area contributed by atoms with Crippen LogP contribution in [-0.2, 0) is 49.2 Å². The first-order chi connectivity index (χ1) is 33.0. The van der Waals surface area contributed by atoms with E-state index in [-0.39, 0.29) is 36.1 Å². The van der Waals surface area contributed by atoms with E-state index in [4.69, 9.17) is 28.4 Å². The number of hydrogen-bond acceptors (Lipinski definition) is 13. The van der Waals surface area contributed by atoms with E-state index in [0.717, 1.165) is 85.4 Å². The molecule has 3 aliphatic heterocycles. The van der Waals surface area contributed by atoms with Crippen molar-refractivity contribution in [2.75, 3.05) is 75.8 Å².